The number of halogens is 2. The Kier molecular flexibility index (Phi) is 4.08. The SMILES string of the molecule is [O]=[Tb]([Cl])[Cl]. The monoisotopic (exact) mass is 245 g/mol. The molecule has 0 aliphatic rings. The van der Waals surface area contributed by atoms with Crippen molar-refractivity contribution in [3.05, 3.63) is 0 Å². The Morgan fingerprint density at radius 1 is 1.50 bits per heavy atom. The molecular formula is Cl2OTb. The van der Waals surface area contributed by atoms with E-state index in [0.29, 0.717) is 0 Å². The van der Waals surface area contributed by atoms with E-state index in [1.54, 1.807) is 0 Å². The van der Waals surface area contributed by atoms with E-state index in [9.17, 15) is 1.33 Å². The molecule has 0 spiro atoms. The van der Waals surface area contributed by atoms with Gasteiger partial charge >= 0.3 is 43.5 Å². The van der Waals surface area contributed by atoms with Crippen LogP contribution in [-0.2, 0) is 1.33 Å². The maximum absolute atomic E-state index is 9.23. The molecule has 0 atom stereocenters. The molecule has 1 nitrogen and oxygen atoms in total. The van der Waals surface area contributed by atoms with Gasteiger partial charge in [0, 0.05) is 0 Å². The van der Waals surface area contributed by atoms with E-state index in [4.69, 9.17) is 0 Å². The third-order valence-corrected chi connectivity index (χ3v) is 0. The second-order valence-electron chi connectivity index (χ2n) is 0.150. The Hall–Kier alpha value is 1.67. The molecule has 4 heteroatoms. The van der Waals surface area contributed by atoms with Gasteiger partial charge in [0.2, 0.25) is 0 Å². The molecular weight excluding hydrogens is 246 g/mol. The van der Waals surface area contributed by atoms with Gasteiger partial charge < -0.3 is 0 Å². The van der Waals surface area contributed by atoms with Crippen LogP contribution in [0.4, 0.5) is 0 Å². The molecule has 0 heterocycles. The first-order valence-electron chi connectivity index (χ1n) is 0.388. The predicted molar refractivity (Wildman–Crippen MR) is 12.4 cm³/mol. The Morgan fingerprint density at radius 3 is 1.50 bits per heavy atom. The van der Waals surface area contributed by atoms with Gasteiger partial charge in [-0.05, 0) is 0 Å². The first-order chi connectivity index (χ1) is 1.73. The average Bonchev–Trinajstić information content (AvgIpc) is 0.811. The van der Waals surface area contributed by atoms with E-state index in [2.05, 4.69) is 12.4 Å². The number of hydrogen-bond acceptors (Lipinski definition) is 1. The molecule has 0 saturated heterocycles. The van der Waals surface area contributed by atoms with Crippen LogP contribution in [0.25, 0.3) is 0 Å². The normalized spacial score (nSPS) is 11.0. The van der Waals surface area contributed by atoms with Gasteiger partial charge in [0.15, 0.2) is 0 Å². The zero-order valence-corrected chi connectivity index (χ0v) is 5.15. The molecule has 0 radical (unpaired) electrons. The summed E-state index contributed by atoms with van der Waals surface area (Å²) in [6.45, 7) is 0. The summed E-state index contributed by atoms with van der Waals surface area (Å²) in [5.41, 5.74) is 0. The molecule has 0 N–H and O–H groups in total. The van der Waals surface area contributed by atoms with Gasteiger partial charge in [0.1, 0.15) is 0 Å². The van der Waals surface area contributed by atoms with Crippen LogP contribution in [0, 0.1) is 29.7 Å². The first kappa shape index (κ1) is 5.67. The van der Waals surface area contributed by atoms with Crippen LogP contribution in [0.15, 0.2) is 0 Å². The Bertz CT molecular complexity index is 29.0. The van der Waals surface area contributed by atoms with Crippen molar-refractivity contribution in [3.63, 3.8) is 0 Å². The van der Waals surface area contributed by atoms with Crippen LogP contribution in [0.1, 0.15) is 0 Å². The minimum absolute atomic E-state index is 2.64. The summed E-state index contributed by atoms with van der Waals surface area (Å²) < 4.78 is 9.23. The minimum atomic E-state index is -2.64. The van der Waals surface area contributed by atoms with Crippen molar-refractivity contribution in [1.29, 1.82) is 0 Å². The van der Waals surface area contributed by atoms with Crippen molar-refractivity contribution >= 4 is 12.4 Å². The maximum atomic E-state index is 9.23. The van der Waals surface area contributed by atoms with Crippen molar-refractivity contribution in [2.24, 2.45) is 0 Å². The molecule has 0 aliphatic heterocycles. The summed E-state index contributed by atoms with van der Waals surface area (Å²) in [5, 5.41) is 0. The number of rotatable bonds is 0. The fourth-order valence-electron chi connectivity index (χ4n) is 0. The Labute approximate surface area is 42.7 Å². The van der Waals surface area contributed by atoms with Gasteiger partial charge in [-0.2, -0.15) is 0 Å². The molecule has 0 amide bonds. The fraction of sp³-hybridized carbons (Fsp3) is 0. The van der Waals surface area contributed by atoms with E-state index < -0.39 is 29.7 Å². The third-order valence-electron chi connectivity index (χ3n) is 0. The summed E-state index contributed by atoms with van der Waals surface area (Å²) in [6.07, 6.45) is 9.30. The molecule has 0 rings (SSSR count). The standard InChI is InChI=1S/2ClH.O.Tb/h2*1H;;/q;;;+2/p-2. The second kappa shape index (κ2) is 2.88. The van der Waals surface area contributed by atoms with Crippen molar-refractivity contribution in [2.75, 3.05) is 0 Å². The summed E-state index contributed by atoms with van der Waals surface area (Å²) >= 11 is -2.64. The molecule has 0 aromatic carbocycles. The Balaban J connectivity index is 2.80. The molecule has 0 saturated carbocycles. The molecule has 0 aliphatic carbocycles. The summed E-state index contributed by atoms with van der Waals surface area (Å²) in [6, 6.07) is 0. The zero-order valence-electron chi connectivity index (χ0n) is 1.50. The molecule has 0 fully saturated rings. The van der Waals surface area contributed by atoms with E-state index in [-0.39, 0.29) is 0 Å². The molecule has 29 valence electrons. The van der Waals surface area contributed by atoms with Crippen LogP contribution in [0.2, 0.25) is 0 Å². The third kappa shape index (κ3) is 9.39. The zero-order chi connectivity index (χ0) is 3.58. The molecule has 4 heavy (non-hydrogen) atoms. The van der Waals surface area contributed by atoms with E-state index in [1.807, 2.05) is 0 Å². The van der Waals surface area contributed by atoms with Gasteiger partial charge in [-0.15, -0.1) is 0 Å². The van der Waals surface area contributed by atoms with Gasteiger partial charge in [0.25, 0.3) is 0 Å². The summed E-state index contributed by atoms with van der Waals surface area (Å²) in [4.78, 5) is 0. The van der Waals surface area contributed by atoms with Crippen molar-refractivity contribution < 1.29 is 31.1 Å². The van der Waals surface area contributed by atoms with Crippen molar-refractivity contribution in [2.45, 2.75) is 0 Å². The first-order valence-corrected chi connectivity index (χ1v) is 6.62. The van der Waals surface area contributed by atoms with Crippen LogP contribution in [-0.4, -0.2) is 0 Å². The Morgan fingerprint density at radius 2 is 1.50 bits per heavy atom. The van der Waals surface area contributed by atoms with E-state index in [0.717, 1.165) is 0 Å². The quantitative estimate of drug-likeness (QED) is 0.628. The molecule has 0 aromatic heterocycles. The van der Waals surface area contributed by atoms with Gasteiger partial charge in [-0.1, -0.05) is 0 Å². The van der Waals surface area contributed by atoms with Gasteiger partial charge in [-0.3, -0.25) is 0 Å². The predicted octanol–water partition coefficient (Wildman–Crippen LogP) is 1.26. The molecule has 0 aromatic rings. The number of hydrogen-bond donors (Lipinski definition) is 0. The van der Waals surface area contributed by atoms with E-state index in [1.165, 1.54) is 0 Å². The van der Waals surface area contributed by atoms with Crippen LogP contribution in [0.5, 0.6) is 0 Å². The van der Waals surface area contributed by atoms with Gasteiger partial charge in [-0.25, -0.2) is 0 Å². The average molecular weight is 246 g/mol. The molecule has 0 unspecified atom stereocenters. The summed E-state index contributed by atoms with van der Waals surface area (Å²) in [5.74, 6) is 0. The van der Waals surface area contributed by atoms with Crippen LogP contribution < -0.4 is 0 Å². The van der Waals surface area contributed by atoms with E-state index >= 15 is 0 Å². The van der Waals surface area contributed by atoms with Crippen LogP contribution in [0.3, 0.4) is 0 Å². The van der Waals surface area contributed by atoms with Crippen LogP contribution >= 0.6 is 12.4 Å². The summed E-state index contributed by atoms with van der Waals surface area (Å²) in [7, 11) is 0. The van der Waals surface area contributed by atoms with Crippen molar-refractivity contribution in [3.8, 4) is 0 Å². The second-order valence-corrected chi connectivity index (χ2v) is 5.47. The molecule has 0 bridgehead atoms. The topological polar surface area (TPSA) is 17.1 Å². The fourth-order valence-corrected chi connectivity index (χ4v) is 0. The van der Waals surface area contributed by atoms with Gasteiger partial charge in [0.05, 0.1) is 0 Å². The van der Waals surface area contributed by atoms with Crippen molar-refractivity contribution in [1.82, 2.24) is 0 Å².